The first-order valence-corrected chi connectivity index (χ1v) is 6.52. The van der Waals surface area contributed by atoms with Gasteiger partial charge in [0.1, 0.15) is 5.82 Å². The van der Waals surface area contributed by atoms with Crippen LogP contribution in [-0.4, -0.2) is 12.1 Å². The molecule has 0 fully saturated rings. The molecular weight excluding hydrogens is 269 g/mol. The summed E-state index contributed by atoms with van der Waals surface area (Å²) >= 11 is 3.26. The molecule has 0 saturated carbocycles. The molecule has 90 valence electrons. The van der Waals surface area contributed by atoms with E-state index in [4.69, 9.17) is 0 Å². The van der Waals surface area contributed by atoms with Crippen LogP contribution in [0.4, 0.5) is 4.39 Å². The molecule has 0 spiro atoms. The van der Waals surface area contributed by atoms with Crippen LogP contribution in [0.3, 0.4) is 0 Å². The van der Waals surface area contributed by atoms with Crippen LogP contribution in [0.2, 0.25) is 0 Å². The van der Waals surface area contributed by atoms with Crippen molar-refractivity contribution < 1.29 is 4.39 Å². The maximum Gasteiger partial charge on any atom is 0.127 e. The summed E-state index contributed by atoms with van der Waals surface area (Å²) in [5.41, 5.74) is 0.770. The van der Waals surface area contributed by atoms with Crippen LogP contribution < -0.4 is 5.32 Å². The lowest BCUT2D eigenvalue weighted by molar-refractivity contribution is 0.450. The van der Waals surface area contributed by atoms with Gasteiger partial charge in [0.25, 0.3) is 0 Å². The summed E-state index contributed by atoms with van der Waals surface area (Å²) in [6.07, 6.45) is 1.82. The number of halogens is 2. The number of hydrogen-bond acceptors (Lipinski definition) is 1. The fourth-order valence-electron chi connectivity index (χ4n) is 1.68. The summed E-state index contributed by atoms with van der Waals surface area (Å²) in [4.78, 5) is 0. The van der Waals surface area contributed by atoms with Crippen molar-refractivity contribution in [2.45, 2.75) is 45.7 Å². The SMILES string of the molecule is CCC(C)NC(C)Cc1ccc(Br)cc1F. The van der Waals surface area contributed by atoms with Crippen molar-refractivity contribution in [1.82, 2.24) is 5.32 Å². The Morgan fingerprint density at radius 2 is 2.00 bits per heavy atom. The predicted octanol–water partition coefficient (Wildman–Crippen LogP) is 3.91. The predicted molar refractivity (Wildman–Crippen MR) is 70.2 cm³/mol. The summed E-state index contributed by atoms with van der Waals surface area (Å²) in [6.45, 7) is 6.38. The van der Waals surface area contributed by atoms with Crippen molar-refractivity contribution in [3.63, 3.8) is 0 Å². The third kappa shape index (κ3) is 4.22. The van der Waals surface area contributed by atoms with Gasteiger partial charge in [-0.2, -0.15) is 0 Å². The number of benzene rings is 1. The minimum Gasteiger partial charge on any atom is -0.311 e. The molecule has 1 aromatic rings. The topological polar surface area (TPSA) is 12.0 Å². The highest BCUT2D eigenvalue weighted by atomic mass is 79.9. The largest absolute Gasteiger partial charge is 0.311 e. The smallest absolute Gasteiger partial charge is 0.127 e. The summed E-state index contributed by atoms with van der Waals surface area (Å²) in [7, 11) is 0. The Morgan fingerprint density at radius 3 is 2.56 bits per heavy atom. The molecule has 0 bridgehead atoms. The van der Waals surface area contributed by atoms with Crippen molar-refractivity contribution in [2.75, 3.05) is 0 Å². The second-order valence-corrected chi connectivity index (χ2v) is 5.23. The molecule has 2 unspecified atom stereocenters. The Kier molecular flexibility index (Phi) is 5.42. The Morgan fingerprint density at radius 1 is 1.31 bits per heavy atom. The first-order valence-electron chi connectivity index (χ1n) is 5.73. The standard InChI is InChI=1S/C13H19BrFN/c1-4-9(2)16-10(3)7-11-5-6-12(14)8-13(11)15/h5-6,8-10,16H,4,7H2,1-3H3. The average molecular weight is 288 g/mol. The zero-order valence-corrected chi connectivity index (χ0v) is 11.6. The quantitative estimate of drug-likeness (QED) is 0.866. The monoisotopic (exact) mass is 287 g/mol. The lowest BCUT2D eigenvalue weighted by Gasteiger charge is -2.19. The first kappa shape index (κ1) is 13.7. The van der Waals surface area contributed by atoms with Crippen molar-refractivity contribution >= 4 is 15.9 Å². The van der Waals surface area contributed by atoms with E-state index in [1.807, 2.05) is 12.1 Å². The van der Waals surface area contributed by atoms with Gasteiger partial charge >= 0.3 is 0 Å². The summed E-state index contributed by atoms with van der Waals surface area (Å²) in [5.74, 6) is -0.132. The zero-order valence-electron chi connectivity index (χ0n) is 10.1. The maximum atomic E-state index is 13.6. The van der Waals surface area contributed by atoms with Crippen LogP contribution in [0.25, 0.3) is 0 Å². The molecule has 0 aliphatic heterocycles. The van der Waals surface area contributed by atoms with E-state index in [1.165, 1.54) is 6.07 Å². The van der Waals surface area contributed by atoms with E-state index >= 15 is 0 Å². The van der Waals surface area contributed by atoms with Crippen LogP contribution in [0.15, 0.2) is 22.7 Å². The van der Waals surface area contributed by atoms with E-state index in [9.17, 15) is 4.39 Å². The third-order valence-corrected chi connectivity index (χ3v) is 3.22. The summed E-state index contributed by atoms with van der Waals surface area (Å²) in [6, 6.07) is 6.02. The van der Waals surface area contributed by atoms with E-state index in [0.29, 0.717) is 12.1 Å². The second-order valence-electron chi connectivity index (χ2n) is 4.32. The zero-order chi connectivity index (χ0) is 12.1. The molecule has 0 aromatic heterocycles. The van der Waals surface area contributed by atoms with Crippen LogP contribution in [0.1, 0.15) is 32.8 Å². The van der Waals surface area contributed by atoms with E-state index in [1.54, 1.807) is 0 Å². The number of rotatable bonds is 5. The minimum atomic E-state index is -0.132. The lowest BCUT2D eigenvalue weighted by Crippen LogP contribution is -2.35. The van der Waals surface area contributed by atoms with Crippen molar-refractivity contribution in [3.8, 4) is 0 Å². The molecule has 0 aliphatic carbocycles. The van der Waals surface area contributed by atoms with Gasteiger partial charge in [-0.25, -0.2) is 4.39 Å². The van der Waals surface area contributed by atoms with Crippen LogP contribution in [-0.2, 0) is 6.42 Å². The second kappa shape index (κ2) is 6.36. The van der Waals surface area contributed by atoms with Crippen LogP contribution in [0, 0.1) is 5.82 Å². The normalized spacial score (nSPS) is 14.8. The van der Waals surface area contributed by atoms with Crippen molar-refractivity contribution in [3.05, 3.63) is 34.1 Å². The molecule has 3 heteroatoms. The number of hydrogen-bond donors (Lipinski definition) is 1. The van der Waals surface area contributed by atoms with Crippen molar-refractivity contribution in [1.29, 1.82) is 0 Å². The molecule has 16 heavy (non-hydrogen) atoms. The summed E-state index contributed by atoms with van der Waals surface area (Å²) in [5, 5.41) is 3.44. The molecule has 0 amide bonds. The Hall–Kier alpha value is -0.410. The highest BCUT2D eigenvalue weighted by molar-refractivity contribution is 9.10. The van der Waals surface area contributed by atoms with Gasteiger partial charge in [-0.1, -0.05) is 28.9 Å². The van der Waals surface area contributed by atoms with Gasteiger partial charge in [-0.05, 0) is 44.4 Å². The molecule has 1 rings (SSSR count). The van der Waals surface area contributed by atoms with E-state index in [2.05, 4.69) is 42.0 Å². The van der Waals surface area contributed by atoms with Gasteiger partial charge in [0.05, 0.1) is 0 Å². The van der Waals surface area contributed by atoms with Gasteiger partial charge in [0.2, 0.25) is 0 Å². The molecule has 0 saturated heterocycles. The summed E-state index contributed by atoms with van der Waals surface area (Å²) < 4.78 is 14.4. The van der Waals surface area contributed by atoms with Gasteiger partial charge in [-0.3, -0.25) is 0 Å². The van der Waals surface area contributed by atoms with E-state index < -0.39 is 0 Å². The van der Waals surface area contributed by atoms with E-state index in [0.717, 1.165) is 22.9 Å². The lowest BCUT2D eigenvalue weighted by atomic mass is 10.1. The minimum absolute atomic E-state index is 0.132. The highest BCUT2D eigenvalue weighted by Gasteiger charge is 2.09. The fraction of sp³-hybridized carbons (Fsp3) is 0.538. The molecule has 0 aliphatic rings. The van der Waals surface area contributed by atoms with Crippen LogP contribution in [0.5, 0.6) is 0 Å². The molecule has 1 aromatic carbocycles. The molecule has 0 radical (unpaired) electrons. The third-order valence-electron chi connectivity index (χ3n) is 2.72. The molecular formula is C13H19BrFN. The average Bonchev–Trinajstić information content (AvgIpc) is 2.22. The maximum absolute atomic E-state index is 13.6. The first-order chi connectivity index (χ1) is 7.52. The fourth-order valence-corrected chi connectivity index (χ4v) is 2.01. The van der Waals surface area contributed by atoms with Gasteiger partial charge in [-0.15, -0.1) is 0 Å². The van der Waals surface area contributed by atoms with Gasteiger partial charge in [0.15, 0.2) is 0 Å². The Balaban J connectivity index is 2.59. The number of nitrogens with one attached hydrogen (secondary N) is 1. The Bertz CT molecular complexity index is 341. The molecule has 1 N–H and O–H groups in total. The Labute approximate surface area is 106 Å². The molecule has 0 heterocycles. The van der Waals surface area contributed by atoms with Gasteiger partial charge < -0.3 is 5.32 Å². The van der Waals surface area contributed by atoms with Crippen molar-refractivity contribution in [2.24, 2.45) is 0 Å². The van der Waals surface area contributed by atoms with Crippen LogP contribution >= 0.6 is 15.9 Å². The van der Waals surface area contributed by atoms with E-state index in [-0.39, 0.29) is 5.82 Å². The highest BCUT2D eigenvalue weighted by Crippen LogP contribution is 2.16. The van der Waals surface area contributed by atoms with Gasteiger partial charge in [0, 0.05) is 16.6 Å². The molecule has 1 nitrogen and oxygen atoms in total. The molecule has 2 atom stereocenters.